The lowest BCUT2D eigenvalue weighted by Crippen LogP contribution is -2.08. The molecule has 0 spiro atoms. The molecule has 0 amide bonds. The number of halogens is 7. The second kappa shape index (κ2) is 8.21. The molecule has 30 heavy (non-hydrogen) atoms. The lowest BCUT2D eigenvalue weighted by atomic mass is 10.1. The number of benzene rings is 2. The van der Waals surface area contributed by atoms with Crippen LogP contribution in [-0.2, 0) is 18.9 Å². The Bertz CT molecular complexity index is 1030. The van der Waals surface area contributed by atoms with Crippen molar-refractivity contribution in [2.24, 2.45) is 0 Å². The van der Waals surface area contributed by atoms with Crippen molar-refractivity contribution in [1.82, 2.24) is 4.98 Å². The van der Waals surface area contributed by atoms with E-state index in [1.54, 1.807) is 12.1 Å². The number of hydrogen-bond acceptors (Lipinski definition) is 3. The molecule has 158 valence electrons. The number of ether oxygens (including phenoxy) is 1. The summed E-state index contributed by atoms with van der Waals surface area (Å²) >= 11 is 0. The SMILES string of the molecule is Fc1cc(C(F)(F)F)ccc1CNc1cccc(Oc2ccnc(C(F)(F)F)c2)c1. The molecule has 0 unspecified atom stereocenters. The molecule has 2 aromatic carbocycles. The van der Waals surface area contributed by atoms with Crippen LogP contribution in [0.1, 0.15) is 16.8 Å². The molecule has 0 aliphatic heterocycles. The van der Waals surface area contributed by atoms with Crippen molar-refractivity contribution in [1.29, 1.82) is 0 Å². The molecule has 0 aliphatic rings. The van der Waals surface area contributed by atoms with E-state index in [0.717, 1.165) is 24.4 Å². The van der Waals surface area contributed by atoms with Crippen molar-refractivity contribution >= 4 is 5.69 Å². The van der Waals surface area contributed by atoms with Gasteiger partial charge in [-0.15, -0.1) is 0 Å². The van der Waals surface area contributed by atoms with Gasteiger partial charge in [-0.2, -0.15) is 26.3 Å². The second-order valence-corrected chi connectivity index (χ2v) is 6.16. The maximum atomic E-state index is 13.9. The minimum Gasteiger partial charge on any atom is -0.457 e. The van der Waals surface area contributed by atoms with Crippen molar-refractivity contribution < 1.29 is 35.5 Å². The molecule has 3 nitrogen and oxygen atoms in total. The smallest absolute Gasteiger partial charge is 0.433 e. The molecule has 10 heteroatoms. The highest BCUT2D eigenvalue weighted by atomic mass is 19.4. The van der Waals surface area contributed by atoms with Crippen LogP contribution in [0.3, 0.4) is 0 Å². The molecule has 0 saturated carbocycles. The van der Waals surface area contributed by atoms with Gasteiger partial charge in [0.25, 0.3) is 0 Å². The predicted octanol–water partition coefficient (Wildman–Crippen LogP) is 6.66. The summed E-state index contributed by atoms with van der Waals surface area (Å²) in [5.41, 5.74) is -1.75. The highest BCUT2D eigenvalue weighted by molar-refractivity contribution is 5.49. The Balaban J connectivity index is 1.69. The van der Waals surface area contributed by atoms with E-state index in [4.69, 9.17) is 4.74 Å². The molecule has 1 heterocycles. The Morgan fingerprint density at radius 1 is 0.833 bits per heavy atom. The number of anilines is 1. The van der Waals surface area contributed by atoms with E-state index in [2.05, 4.69) is 10.3 Å². The lowest BCUT2D eigenvalue weighted by molar-refractivity contribution is -0.141. The van der Waals surface area contributed by atoms with Crippen molar-refractivity contribution in [3.05, 3.63) is 83.4 Å². The number of alkyl halides is 6. The van der Waals surface area contributed by atoms with E-state index in [1.165, 1.54) is 18.2 Å². The van der Waals surface area contributed by atoms with Gasteiger partial charge in [0, 0.05) is 36.1 Å². The average molecular weight is 430 g/mol. The molecule has 0 fully saturated rings. The summed E-state index contributed by atoms with van der Waals surface area (Å²) in [5, 5.41) is 2.83. The van der Waals surface area contributed by atoms with Crippen molar-refractivity contribution in [3.63, 3.8) is 0 Å². The average Bonchev–Trinajstić information content (AvgIpc) is 2.66. The van der Waals surface area contributed by atoms with Crippen LogP contribution in [0.2, 0.25) is 0 Å². The third-order valence-corrected chi connectivity index (χ3v) is 3.95. The number of aromatic nitrogens is 1. The lowest BCUT2D eigenvalue weighted by Gasteiger charge is -2.12. The number of hydrogen-bond donors (Lipinski definition) is 1. The highest BCUT2D eigenvalue weighted by Crippen LogP contribution is 2.32. The van der Waals surface area contributed by atoms with Crippen molar-refractivity contribution in [3.8, 4) is 11.5 Å². The Morgan fingerprint density at radius 3 is 2.23 bits per heavy atom. The molecular weight excluding hydrogens is 417 g/mol. The van der Waals surface area contributed by atoms with Crippen LogP contribution in [0.5, 0.6) is 11.5 Å². The van der Waals surface area contributed by atoms with Gasteiger partial charge in [0.2, 0.25) is 0 Å². The Morgan fingerprint density at radius 2 is 1.57 bits per heavy atom. The quantitative estimate of drug-likeness (QED) is 0.460. The van der Waals surface area contributed by atoms with Gasteiger partial charge in [-0.3, -0.25) is 4.98 Å². The maximum absolute atomic E-state index is 13.9. The summed E-state index contributed by atoms with van der Waals surface area (Å²) in [6, 6.07) is 10.3. The first-order valence-corrected chi connectivity index (χ1v) is 8.43. The Labute approximate surface area is 166 Å². The molecule has 0 atom stereocenters. The van der Waals surface area contributed by atoms with Gasteiger partial charge in [-0.1, -0.05) is 12.1 Å². The van der Waals surface area contributed by atoms with E-state index in [9.17, 15) is 30.7 Å². The molecule has 0 aliphatic carbocycles. The Hall–Kier alpha value is -3.30. The molecule has 0 saturated heterocycles. The zero-order valence-corrected chi connectivity index (χ0v) is 15.0. The minimum absolute atomic E-state index is 0.0123. The van der Waals surface area contributed by atoms with E-state index in [-0.39, 0.29) is 23.6 Å². The third-order valence-electron chi connectivity index (χ3n) is 3.95. The van der Waals surface area contributed by atoms with E-state index in [0.29, 0.717) is 11.8 Å². The number of rotatable bonds is 5. The fourth-order valence-electron chi connectivity index (χ4n) is 2.50. The van der Waals surface area contributed by atoms with E-state index in [1.807, 2.05) is 0 Å². The van der Waals surface area contributed by atoms with Crippen LogP contribution in [0, 0.1) is 5.82 Å². The fraction of sp³-hybridized carbons (Fsp3) is 0.150. The monoisotopic (exact) mass is 430 g/mol. The number of nitrogens with zero attached hydrogens (tertiary/aromatic N) is 1. The van der Waals surface area contributed by atoms with Crippen molar-refractivity contribution in [2.75, 3.05) is 5.32 Å². The molecular formula is C20H13F7N2O. The third kappa shape index (κ3) is 5.40. The second-order valence-electron chi connectivity index (χ2n) is 6.16. The number of nitrogens with one attached hydrogen (secondary N) is 1. The summed E-state index contributed by atoms with van der Waals surface area (Å²) in [7, 11) is 0. The van der Waals surface area contributed by atoms with Crippen LogP contribution < -0.4 is 10.1 Å². The van der Waals surface area contributed by atoms with E-state index < -0.39 is 29.4 Å². The van der Waals surface area contributed by atoms with Crippen LogP contribution in [-0.4, -0.2) is 4.98 Å². The summed E-state index contributed by atoms with van der Waals surface area (Å²) in [6.07, 6.45) is -8.29. The fourth-order valence-corrected chi connectivity index (χ4v) is 2.50. The normalized spacial score (nSPS) is 12.0. The van der Waals surface area contributed by atoms with Crippen molar-refractivity contribution in [2.45, 2.75) is 18.9 Å². The van der Waals surface area contributed by atoms with Crippen LogP contribution in [0.4, 0.5) is 36.4 Å². The van der Waals surface area contributed by atoms with Gasteiger partial charge < -0.3 is 10.1 Å². The zero-order chi connectivity index (χ0) is 21.9. The summed E-state index contributed by atoms with van der Waals surface area (Å²) in [4.78, 5) is 3.24. The zero-order valence-electron chi connectivity index (χ0n) is 15.0. The highest BCUT2D eigenvalue weighted by Gasteiger charge is 2.33. The first-order chi connectivity index (χ1) is 14.0. The topological polar surface area (TPSA) is 34.1 Å². The summed E-state index contributed by atoms with van der Waals surface area (Å²) < 4.78 is 95.3. The molecule has 3 aromatic rings. The predicted molar refractivity (Wildman–Crippen MR) is 94.5 cm³/mol. The summed E-state index contributed by atoms with van der Waals surface area (Å²) in [6.45, 7) is -0.110. The number of pyridine rings is 1. The van der Waals surface area contributed by atoms with Gasteiger partial charge in [0.05, 0.1) is 5.56 Å². The van der Waals surface area contributed by atoms with Gasteiger partial charge >= 0.3 is 12.4 Å². The largest absolute Gasteiger partial charge is 0.457 e. The van der Waals surface area contributed by atoms with Crippen LogP contribution in [0.15, 0.2) is 60.8 Å². The van der Waals surface area contributed by atoms with Crippen LogP contribution in [0.25, 0.3) is 0 Å². The summed E-state index contributed by atoms with van der Waals surface area (Å²) in [5.74, 6) is -0.892. The van der Waals surface area contributed by atoms with E-state index >= 15 is 0 Å². The van der Waals surface area contributed by atoms with Gasteiger partial charge in [0.15, 0.2) is 0 Å². The first kappa shape index (κ1) is 21.4. The van der Waals surface area contributed by atoms with Gasteiger partial charge in [-0.25, -0.2) is 4.39 Å². The molecule has 0 bridgehead atoms. The molecule has 0 radical (unpaired) electrons. The standard InChI is InChI=1S/C20H13F7N2O/c21-17-8-13(19(22,23)24)5-4-12(17)11-29-14-2-1-3-15(9-14)30-16-6-7-28-18(10-16)20(25,26)27/h1-10,29H,11H2. The van der Waals surface area contributed by atoms with Crippen LogP contribution >= 0.6 is 0 Å². The van der Waals surface area contributed by atoms with Gasteiger partial charge in [-0.05, 0) is 30.3 Å². The Kier molecular flexibility index (Phi) is 5.86. The first-order valence-electron chi connectivity index (χ1n) is 8.43. The molecule has 3 rings (SSSR count). The maximum Gasteiger partial charge on any atom is 0.433 e. The van der Waals surface area contributed by atoms with Gasteiger partial charge in [0.1, 0.15) is 23.0 Å². The molecule has 1 aromatic heterocycles. The molecule has 1 N–H and O–H groups in total. The minimum atomic E-state index is -4.64.